The number of hydrogen-bond acceptors (Lipinski definition) is 3. The van der Waals surface area contributed by atoms with E-state index in [0.29, 0.717) is 12.6 Å². The van der Waals surface area contributed by atoms with E-state index in [0.717, 1.165) is 26.2 Å². The summed E-state index contributed by atoms with van der Waals surface area (Å²) in [5.41, 5.74) is 5.62. The largest absolute Gasteiger partial charge is 0.342 e. The van der Waals surface area contributed by atoms with E-state index in [1.54, 1.807) is 6.92 Å². The number of likely N-dealkylation sites (N-methyl/N-ethyl adjacent to an activating group) is 1. The Morgan fingerprint density at radius 3 is 2.81 bits per heavy atom. The van der Waals surface area contributed by atoms with Crippen LogP contribution in [-0.2, 0) is 4.79 Å². The van der Waals surface area contributed by atoms with Crippen LogP contribution in [0.2, 0.25) is 0 Å². The molecule has 94 valence electrons. The highest BCUT2D eigenvalue weighted by atomic mass is 16.2. The molecule has 4 nitrogen and oxygen atoms in total. The van der Waals surface area contributed by atoms with Gasteiger partial charge in [0.15, 0.2) is 0 Å². The third kappa shape index (κ3) is 3.76. The second kappa shape index (κ2) is 6.86. The van der Waals surface area contributed by atoms with Crippen molar-refractivity contribution in [3.63, 3.8) is 0 Å². The zero-order valence-corrected chi connectivity index (χ0v) is 10.6. The number of carbonyl (C=O) groups excluding carboxylic acids is 1. The van der Waals surface area contributed by atoms with Crippen molar-refractivity contribution in [2.24, 2.45) is 5.73 Å². The molecule has 1 aliphatic rings. The van der Waals surface area contributed by atoms with E-state index in [1.165, 1.54) is 19.3 Å². The molecule has 0 bridgehead atoms. The molecule has 0 aromatic rings. The molecular weight excluding hydrogens is 202 g/mol. The van der Waals surface area contributed by atoms with E-state index in [1.807, 2.05) is 11.8 Å². The Morgan fingerprint density at radius 1 is 1.50 bits per heavy atom. The second-order valence-electron chi connectivity index (χ2n) is 4.53. The first kappa shape index (κ1) is 13.5. The van der Waals surface area contributed by atoms with Crippen molar-refractivity contribution in [2.75, 3.05) is 32.7 Å². The molecule has 1 fully saturated rings. The molecule has 1 aliphatic heterocycles. The number of nitrogens with two attached hydrogens (primary N) is 1. The van der Waals surface area contributed by atoms with Gasteiger partial charge in [-0.25, -0.2) is 0 Å². The molecule has 0 aliphatic carbocycles. The summed E-state index contributed by atoms with van der Waals surface area (Å²) in [6.07, 6.45) is 3.74. The molecule has 1 unspecified atom stereocenters. The summed E-state index contributed by atoms with van der Waals surface area (Å²) in [5, 5.41) is 0. The van der Waals surface area contributed by atoms with Crippen LogP contribution >= 0.6 is 0 Å². The Hall–Kier alpha value is -0.610. The fourth-order valence-corrected chi connectivity index (χ4v) is 2.46. The van der Waals surface area contributed by atoms with E-state index < -0.39 is 0 Å². The maximum atomic E-state index is 11.4. The molecule has 2 N–H and O–H groups in total. The summed E-state index contributed by atoms with van der Waals surface area (Å²) < 4.78 is 0. The van der Waals surface area contributed by atoms with Crippen molar-refractivity contribution in [1.29, 1.82) is 0 Å². The molecule has 0 spiro atoms. The van der Waals surface area contributed by atoms with Gasteiger partial charge in [0.25, 0.3) is 0 Å². The Morgan fingerprint density at radius 2 is 2.25 bits per heavy atom. The van der Waals surface area contributed by atoms with Crippen LogP contribution < -0.4 is 5.73 Å². The molecular formula is C12H25N3O. The van der Waals surface area contributed by atoms with Crippen LogP contribution in [0, 0.1) is 0 Å². The molecule has 1 heterocycles. The van der Waals surface area contributed by atoms with Crippen molar-refractivity contribution in [2.45, 2.75) is 39.2 Å². The number of likely N-dealkylation sites (tertiary alicyclic amines) is 1. The lowest BCUT2D eigenvalue weighted by Gasteiger charge is -2.38. The number of amides is 1. The fourth-order valence-electron chi connectivity index (χ4n) is 2.46. The van der Waals surface area contributed by atoms with Gasteiger partial charge < -0.3 is 10.6 Å². The highest BCUT2D eigenvalue weighted by Gasteiger charge is 2.24. The van der Waals surface area contributed by atoms with Crippen LogP contribution in [0.15, 0.2) is 0 Å². The Bertz CT molecular complexity index is 218. The van der Waals surface area contributed by atoms with Crippen molar-refractivity contribution in [3.8, 4) is 0 Å². The molecule has 0 radical (unpaired) electrons. The first-order valence-corrected chi connectivity index (χ1v) is 6.38. The number of piperidine rings is 1. The van der Waals surface area contributed by atoms with Crippen LogP contribution in [-0.4, -0.2) is 54.5 Å². The molecule has 0 aromatic heterocycles. The van der Waals surface area contributed by atoms with Crippen molar-refractivity contribution < 1.29 is 4.79 Å². The van der Waals surface area contributed by atoms with Gasteiger partial charge in [-0.05, 0) is 26.3 Å². The SMILES string of the molecule is CCN(CC1CCCCN1CCN)C(C)=O. The number of rotatable bonds is 5. The average Bonchev–Trinajstić information content (AvgIpc) is 2.27. The Kier molecular flexibility index (Phi) is 5.77. The minimum Gasteiger partial charge on any atom is -0.342 e. The summed E-state index contributed by atoms with van der Waals surface area (Å²) in [4.78, 5) is 15.8. The summed E-state index contributed by atoms with van der Waals surface area (Å²) in [5.74, 6) is 0.181. The van der Waals surface area contributed by atoms with Gasteiger partial charge in [-0.2, -0.15) is 0 Å². The molecule has 1 atom stereocenters. The second-order valence-corrected chi connectivity index (χ2v) is 4.53. The van der Waals surface area contributed by atoms with E-state index in [-0.39, 0.29) is 5.91 Å². The maximum Gasteiger partial charge on any atom is 0.219 e. The minimum atomic E-state index is 0.181. The highest BCUT2D eigenvalue weighted by Crippen LogP contribution is 2.17. The van der Waals surface area contributed by atoms with E-state index in [2.05, 4.69) is 4.90 Å². The zero-order chi connectivity index (χ0) is 12.0. The monoisotopic (exact) mass is 227 g/mol. The molecule has 0 aromatic carbocycles. The average molecular weight is 227 g/mol. The number of nitrogens with zero attached hydrogens (tertiary/aromatic N) is 2. The van der Waals surface area contributed by atoms with Crippen molar-refractivity contribution >= 4 is 5.91 Å². The fraction of sp³-hybridized carbons (Fsp3) is 0.917. The lowest BCUT2D eigenvalue weighted by molar-refractivity contribution is -0.129. The number of hydrogen-bond donors (Lipinski definition) is 1. The van der Waals surface area contributed by atoms with E-state index in [4.69, 9.17) is 5.73 Å². The molecule has 1 rings (SSSR count). The van der Waals surface area contributed by atoms with Crippen LogP contribution in [0.5, 0.6) is 0 Å². The topological polar surface area (TPSA) is 49.6 Å². The lowest BCUT2D eigenvalue weighted by atomic mass is 10.0. The van der Waals surface area contributed by atoms with Crippen LogP contribution in [0.4, 0.5) is 0 Å². The summed E-state index contributed by atoms with van der Waals surface area (Å²) in [6, 6.07) is 0.515. The van der Waals surface area contributed by atoms with Gasteiger partial charge in [-0.3, -0.25) is 9.69 Å². The Balaban J connectivity index is 2.50. The van der Waals surface area contributed by atoms with Crippen LogP contribution in [0.25, 0.3) is 0 Å². The third-order valence-electron chi connectivity index (χ3n) is 3.42. The van der Waals surface area contributed by atoms with Gasteiger partial charge in [0.1, 0.15) is 0 Å². The Labute approximate surface area is 98.8 Å². The maximum absolute atomic E-state index is 11.4. The van der Waals surface area contributed by atoms with Crippen LogP contribution in [0.3, 0.4) is 0 Å². The minimum absolute atomic E-state index is 0.181. The molecule has 0 saturated carbocycles. The van der Waals surface area contributed by atoms with Gasteiger partial charge in [0, 0.05) is 39.1 Å². The number of carbonyl (C=O) groups is 1. The zero-order valence-electron chi connectivity index (χ0n) is 10.6. The summed E-state index contributed by atoms with van der Waals surface area (Å²) in [7, 11) is 0. The van der Waals surface area contributed by atoms with Gasteiger partial charge in [0.05, 0.1) is 0 Å². The summed E-state index contributed by atoms with van der Waals surface area (Å²) >= 11 is 0. The van der Waals surface area contributed by atoms with E-state index in [9.17, 15) is 4.79 Å². The first-order valence-electron chi connectivity index (χ1n) is 6.38. The highest BCUT2D eigenvalue weighted by molar-refractivity contribution is 5.73. The van der Waals surface area contributed by atoms with Gasteiger partial charge in [-0.1, -0.05) is 6.42 Å². The molecule has 1 saturated heterocycles. The molecule has 1 amide bonds. The van der Waals surface area contributed by atoms with E-state index >= 15 is 0 Å². The van der Waals surface area contributed by atoms with Crippen molar-refractivity contribution in [1.82, 2.24) is 9.80 Å². The standard InChI is InChI=1S/C12H25N3O/c1-3-14(11(2)16)10-12-6-4-5-8-15(12)9-7-13/h12H,3-10,13H2,1-2H3. The first-order chi connectivity index (χ1) is 7.69. The van der Waals surface area contributed by atoms with Crippen molar-refractivity contribution in [3.05, 3.63) is 0 Å². The summed E-state index contributed by atoms with van der Waals surface area (Å²) in [6.45, 7) is 8.17. The molecule has 16 heavy (non-hydrogen) atoms. The quantitative estimate of drug-likeness (QED) is 0.751. The van der Waals surface area contributed by atoms with Crippen LogP contribution in [0.1, 0.15) is 33.1 Å². The normalized spacial score (nSPS) is 22.1. The predicted octanol–water partition coefficient (Wildman–Crippen LogP) is 0.668. The van der Waals surface area contributed by atoms with Gasteiger partial charge in [-0.15, -0.1) is 0 Å². The van der Waals surface area contributed by atoms with Gasteiger partial charge >= 0.3 is 0 Å². The molecule has 4 heteroatoms. The lowest BCUT2D eigenvalue weighted by Crippen LogP contribution is -2.49. The predicted molar refractivity (Wildman–Crippen MR) is 66.2 cm³/mol. The van der Waals surface area contributed by atoms with Gasteiger partial charge in [0.2, 0.25) is 5.91 Å². The smallest absolute Gasteiger partial charge is 0.219 e. The third-order valence-corrected chi connectivity index (χ3v) is 3.42.